The van der Waals surface area contributed by atoms with E-state index in [1.165, 1.54) is 0 Å². The van der Waals surface area contributed by atoms with Crippen molar-refractivity contribution in [3.8, 4) is 11.3 Å². The van der Waals surface area contributed by atoms with Crippen molar-refractivity contribution in [3.63, 3.8) is 0 Å². The van der Waals surface area contributed by atoms with Crippen molar-refractivity contribution in [1.29, 1.82) is 0 Å². The first-order valence-electron chi connectivity index (χ1n) is 13.3. The third-order valence-corrected chi connectivity index (χ3v) is 7.05. The van der Waals surface area contributed by atoms with Gasteiger partial charge in [-0.3, -0.25) is 9.59 Å². The number of hydrogen-bond donors (Lipinski definition) is 3. The average molecular weight is 514 g/mol. The predicted octanol–water partition coefficient (Wildman–Crippen LogP) is 3.88. The fourth-order valence-corrected chi connectivity index (χ4v) is 4.88. The van der Waals surface area contributed by atoms with Gasteiger partial charge in [0.25, 0.3) is 0 Å². The molecule has 3 aromatic rings. The molecule has 3 N–H and O–H groups in total. The summed E-state index contributed by atoms with van der Waals surface area (Å²) in [5, 5.41) is 9.49. The number of carbonyl (C=O) groups is 2. The average Bonchev–Trinajstić information content (AvgIpc) is 3.49. The first-order valence-corrected chi connectivity index (χ1v) is 13.3. The largest absolute Gasteiger partial charge is 0.368 e. The highest BCUT2D eigenvalue weighted by molar-refractivity contribution is 5.95. The quantitative estimate of drug-likeness (QED) is 0.441. The van der Waals surface area contributed by atoms with Crippen molar-refractivity contribution >= 4 is 34.8 Å². The maximum Gasteiger partial charge on any atom is 0.241 e. The van der Waals surface area contributed by atoms with Gasteiger partial charge < -0.3 is 25.8 Å². The van der Waals surface area contributed by atoms with Crippen LogP contribution in [0.15, 0.2) is 60.8 Å². The van der Waals surface area contributed by atoms with Crippen molar-refractivity contribution in [2.75, 3.05) is 48.3 Å². The lowest BCUT2D eigenvalue weighted by Crippen LogP contribution is -2.49. The molecular weight excluding hydrogens is 478 g/mol. The normalized spacial score (nSPS) is 17.5. The second-order valence-electron chi connectivity index (χ2n) is 10.1. The van der Waals surface area contributed by atoms with Crippen molar-refractivity contribution in [2.45, 2.75) is 32.7 Å². The summed E-state index contributed by atoms with van der Waals surface area (Å²) in [6.07, 6.45) is 3.64. The van der Waals surface area contributed by atoms with Gasteiger partial charge in [0.2, 0.25) is 17.8 Å². The number of piperazine rings is 1. The van der Waals surface area contributed by atoms with Crippen molar-refractivity contribution in [1.82, 2.24) is 20.2 Å². The Hall–Kier alpha value is -3.98. The van der Waals surface area contributed by atoms with Crippen LogP contribution in [0, 0.1) is 5.92 Å². The minimum atomic E-state index is -0.107. The van der Waals surface area contributed by atoms with E-state index in [1.54, 1.807) is 6.20 Å². The summed E-state index contributed by atoms with van der Waals surface area (Å²) in [6, 6.07) is 17.7. The van der Waals surface area contributed by atoms with E-state index >= 15 is 0 Å². The fraction of sp³-hybridized carbons (Fsp3) is 0.379. The summed E-state index contributed by atoms with van der Waals surface area (Å²) in [5.41, 5.74) is 4.55. The summed E-state index contributed by atoms with van der Waals surface area (Å²) >= 11 is 0. The second kappa shape index (κ2) is 11.6. The molecule has 9 nitrogen and oxygen atoms in total. The molecule has 5 rings (SSSR count). The Kier molecular flexibility index (Phi) is 7.83. The Balaban J connectivity index is 1.17. The molecule has 2 aliphatic heterocycles. The van der Waals surface area contributed by atoms with Crippen LogP contribution in [0.5, 0.6) is 0 Å². The van der Waals surface area contributed by atoms with Gasteiger partial charge in [-0.15, -0.1) is 0 Å². The zero-order chi connectivity index (χ0) is 26.5. The van der Waals surface area contributed by atoms with Crippen LogP contribution >= 0.6 is 0 Å². The van der Waals surface area contributed by atoms with Gasteiger partial charge >= 0.3 is 0 Å². The number of amides is 2. The van der Waals surface area contributed by atoms with Gasteiger partial charge in [-0.05, 0) is 61.9 Å². The van der Waals surface area contributed by atoms with E-state index in [0.717, 1.165) is 73.9 Å². The summed E-state index contributed by atoms with van der Waals surface area (Å²) in [6.45, 7) is 7.96. The number of anilines is 4. The van der Waals surface area contributed by atoms with Gasteiger partial charge in [-0.2, -0.15) is 0 Å². The molecule has 0 spiro atoms. The lowest BCUT2D eigenvalue weighted by atomic mass is 10.1. The number of aromatic nitrogens is 2. The first kappa shape index (κ1) is 25.7. The number of carbonyl (C=O) groups excluding carboxylic acids is 2. The molecule has 1 atom stereocenters. The minimum Gasteiger partial charge on any atom is -0.368 e. The molecule has 0 aliphatic carbocycles. The Morgan fingerprint density at radius 2 is 1.66 bits per heavy atom. The lowest BCUT2D eigenvalue weighted by molar-refractivity contribution is -0.134. The smallest absolute Gasteiger partial charge is 0.241 e. The molecule has 0 bridgehead atoms. The first-order chi connectivity index (χ1) is 18.5. The van der Waals surface area contributed by atoms with Crippen LogP contribution in [0.4, 0.5) is 23.0 Å². The zero-order valence-electron chi connectivity index (χ0n) is 22.0. The molecule has 2 amide bonds. The molecule has 2 aromatic carbocycles. The molecule has 2 aliphatic rings. The topological polar surface area (TPSA) is 102 Å². The number of nitrogens with zero attached hydrogens (tertiary/aromatic N) is 4. The number of rotatable bonds is 7. The van der Waals surface area contributed by atoms with Crippen LogP contribution in [0.3, 0.4) is 0 Å². The van der Waals surface area contributed by atoms with E-state index in [4.69, 9.17) is 0 Å². The molecule has 0 saturated carbocycles. The zero-order valence-corrected chi connectivity index (χ0v) is 22.0. The van der Waals surface area contributed by atoms with E-state index in [2.05, 4.69) is 43.0 Å². The maximum atomic E-state index is 12.3. The highest BCUT2D eigenvalue weighted by Crippen LogP contribution is 2.24. The van der Waals surface area contributed by atoms with E-state index in [1.807, 2.05) is 61.2 Å². The van der Waals surface area contributed by atoms with Gasteiger partial charge in [0.15, 0.2) is 0 Å². The maximum absolute atomic E-state index is 12.3. The molecular formula is C29H35N7O2. The summed E-state index contributed by atoms with van der Waals surface area (Å²) in [5.74, 6) is 0.795. The monoisotopic (exact) mass is 513 g/mol. The molecule has 3 heterocycles. The summed E-state index contributed by atoms with van der Waals surface area (Å²) < 4.78 is 0. The highest BCUT2D eigenvalue weighted by Gasteiger charge is 2.23. The van der Waals surface area contributed by atoms with Crippen molar-refractivity contribution in [3.05, 3.63) is 60.8 Å². The van der Waals surface area contributed by atoms with Gasteiger partial charge in [0.1, 0.15) is 0 Å². The molecule has 2 saturated heterocycles. The Morgan fingerprint density at radius 1 is 0.947 bits per heavy atom. The predicted molar refractivity (Wildman–Crippen MR) is 150 cm³/mol. The lowest BCUT2D eigenvalue weighted by Gasteiger charge is -2.37. The molecule has 9 heteroatoms. The van der Waals surface area contributed by atoms with Gasteiger partial charge in [-0.25, -0.2) is 9.97 Å². The Bertz CT molecular complexity index is 1250. The van der Waals surface area contributed by atoms with E-state index in [9.17, 15) is 9.59 Å². The van der Waals surface area contributed by atoms with Crippen LogP contribution in [0.1, 0.15) is 26.7 Å². The van der Waals surface area contributed by atoms with Crippen LogP contribution in [0.2, 0.25) is 0 Å². The van der Waals surface area contributed by atoms with Gasteiger partial charge in [0, 0.05) is 60.9 Å². The van der Waals surface area contributed by atoms with Crippen LogP contribution in [-0.4, -0.2) is 65.4 Å². The molecule has 38 heavy (non-hydrogen) atoms. The van der Waals surface area contributed by atoms with Crippen molar-refractivity contribution in [2.24, 2.45) is 5.92 Å². The summed E-state index contributed by atoms with van der Waals surface area (Å²) in [7, 11) is 0. The fourth-order valence-electron chi connectivity index (χ4n) is 4.88. The number of nitrogens with one attached hydrogen (secondary N) is 3. The third kappa shape index (κ3) is 6.11. The van der Waals surface area contributed by atoms with Crippen molar-refractivity contribution < 1.29 is 9.59 Å². The van der Waals surface area contributed by atoms with Crippen LogP contribution in [-0.2, 0) is 9.59 Å². The summed E-state index contributed by atoms with van der Waals surface area (Å²) in [4.78, 5) is 37.9. The van der Waals surface area contributed by atoms with Gasteiger partial charge in [0.05, 0.1) is 11.7 Å². The van der Waals surface area contributed by atoms with E-state index < -0.39 is 0 Å². The SMILES string of the molecule is CC(C)C(=O)N1CCN(c2ccc(Nc3nccc(-c4ccc(NC(=O)[C@H]5CCCN5)cc4)n3)cc2)CC1. The standard InChI is InChI=1S/C29H35N7O2/c1-20(2)28(38)36-18-16-35(17-19-36)24-11-9-23(10-12-24)33-29-31-15-13-25(34-29)21-5-7-22(8-6-21)32-27(37)26-4-3-14-30-26/h5-13,15,20,26,30H,3-4,14,16-19H2,1-2H3,(H,32,37)(H,31,33,34)/t26-/m1/s1. The van der Waals surface area contributed by atoms with Crippen LogP contribution in [0.25, 0.3) is 11.3 Å². The van der Waals surface area contributed by atoms with E-state index in [-0.39, 0.29) is 23.8 Å². The van der Waals surface area contributed by atoms with Crippen LogP contribution < -0.4 is 20.9 Å². The molecule has 2 fully saturated rings. The highest BCUT2D eigenvalue weighted by atomic mass is 16.2. The Morgan fingerprint density at radius 3 is 2.32 bits per heavy atom. The van der Waals surface area contributed by atoms with E-state index in [0.29, 0.717) is 5.95 Å². The minimum absolute atomic E-state index is 0.0123. The molecule has 0 unspecified atom stereocenters. The third-order valence-electron chi connectivity index (χ3n) is 7.05. The molecule has 1 aromatic heterocycles. The molecule has 198 valence electrons. The molecule has 0 radical (unpaired) electrons. The Labute approximate surface area is 223 Å². The second-order valence-corrected chi connectivity index (χ2v) is 10.1. The number of hydrogen-bond acceptors (Lipinski definition) is 7. The number of benzene rings is 2. The van der Waals surface area contributed by atoms with Gasteiger partial charge in [-0.1, -0.05) is 26.0 Å².